The van der Waals surface area contributed by atoms with Crippen LogP contribution >= 0.6 is 0 Å². The van der Waals surface area contributed by atoms with E-state index >= 15 is 0 Å². The number of carbonyl (C=O) groups excluding carboxylic acids is 1. The second-order valence-corrected chi connectivity index (χ2v) is 6.20. The quantitative estimate of drug-likeness (QED) is 0.784. The molecule has 2 aliphatic rings. The molecule has 8 heteroatoms. The van der Waals surface area contributed by atoms with Crippen LogP contribution in [0.5, 0.6) is 5.75 Å². The zero-order chi connectivity index (χ0) is 18.1. The number of pyridine rings is 1. The fourth-order valence-corrected chi connectivity index (χ4v) is 3.25. The van der Waals surface area contributed by atoms with E-state index in [2.05, 4.69) is 4.98 Å². The smallest absolute Gasteiger partial charge is 0.324 e. The predicted octanol–water partition coefficient (Wildman–Crippen LogP) is 2.50. The summed E-state index contributed by atoms with van der Waals surface area (Å²) in [5, 5.41) is 0. The molecule has 1 saturated heterocycles. The highest BCUT2D eigenvalue weighted by Gasteiger charge is 2.30. The second kappa shape index (κ2) is 6.78. The van der Waals surface area contributed by atoms with Gasteiger partial charge >= 0.3 is 6.03 Å². The number of piperazine rings is 1. The van der Waals surface area contributed by atoms with Crippen molar-refractivity contribution in [2.24, 2.45) is 0 Å². The number of ether oxygens (including phenoxy) is 1. The van der Waals surface area contributed by atoms with Gasteiger partial charge in [0.15, 0.2) is 0 Å². The lowest BCUT2D eigenvalue weighted by atomic mass is 10.2. The molecule has 0 saturated carbocycles. The number of benzene rings is 1. The molecule has 0 spiro atoms. The average Bonchev–Trinajstić information content (AvgIpc) is 2.67. The van der Waals surface area contributed by atoms with Crippen LogP contribution in [0.2, 0.25) is 0 Å². The van der Waals surface area contributed by atoms with Gasteiger partial charge in [-0.3, -0.25) is 4.90 Å². The van der Waals surface area contributed by atoms with Crippen molar-refractivity contribution < 1.29 is 18.3 Å². The first-order valence-electron chi connectivity index (χ1n) is 8.47. The van der Waals surface area contributed by atoms with Gasteiger partial charge in [-0.2, -0.15) is 0 Å². The predicted molar refractivity (Wildman–Crippen MR) is 92.6 cm³/mol. The van der Waals surface area contributed by atoms with E-state index in [1.165, 1.54) is 24.4 Å². The number of hydrogen-bond acceptors (Lipinski definition) is 4. The van der Waals surface area contributed by atoms with E-state index in [4.69, 9.17) is 4.74 Å². The maximum atomic E-state index is 13.4. The van der Waals surface area contributed by atoms with E-state index in [1.54, 1.807) is 21.9 Å². The molecule has 0 aliphatic carbocycles. The van der Waals surface area contributed by atoms with Gasteiger partial charge < -0.3 is 14.5 Å². The van der Waals surface area contributed by atoms with Crippen LogP contribution < -0.4 is 14.5 Å². The van der Waals surface area contributed by atoms with Crippen molar-refractivity contribution in [2.45, 2.75) is 0 Å². The number of urea groups is 1. The summed E-state index contributed by atoms with van der Waals surface area (Å²) in [6.07, 6.45) is 1.19. The largest absolute Gasteiger partial charge is 0.489 e. The molecular weight excluding hydrogens is 342 g/mol. The van der Waals surface area contributed by atoms with Crippen LogP contribution in [-0.2, 0) is 0 Å². The van der Waals surface area contributed by atoms with E-state index in [9.17, 15) is 13.6 Å². The number of rotatable bonds is 1. The molecule has 3 heterocycles. The molecule has 1 fully saturated rings. The summed E-state index contributed by atoms with van der Waals surface area (Å²) in [5.41, 5.74) is 0.588. The number of halogens is 2. The van der Waals surface area contributed by atoms with Crippen LogP contribution in [0.4, 0.5) is 25.1 Å². The fraction of sp³-hybridized carbons (Fsp3) is 0.333. The van der Waals surface area contributed by atoms with Gasteiger partial charge in [-0.25, -0.2) is 18.6 Å². The molecule has 2 amide bonds. The monoisotopic (exact) mass is 360 g/mol. The van der Waals surface area contributed by atoms with Crippen molar-refractivity contribution in [1.82, 2.24) is 9.88 Å². The highest BCUT2D eigenvalue weighted by molar-refractivity contribution is 5.94. The topological polar surface area (TPSA) is 48.9 Å². The van der Waals surface area contributed by atoms with Crippen molar-refractivity contribution >= 4 is 17.5 Å². The Labute approximate surface area is 149 Å². The van der Waals surface area contributed by atoms with Gasteiger partial charge in [-0.15, -0.1) is 0 Å². The number of hydrogen-bond donors (Lipinski definition) is 0. The molecule has 26 heavy (non-hydrogen) atoms. The van der Waals surface area contributed by atoms with Crippen LogP contribution in [0.3, 0.4) is 0 Å². The molecule has 0 atom stereocenters. The zero-order valence-corrected chi connectivity index (χ0v) is 14.1. The summed E-state index contributed by atoms with van der Waals surface area (Å²) in [5.74, 6) is 0.327. The van der Waals surface area contributed by atoms with Gasteiger partial charge in [0.1, 0.15) is 29.8 Å². The Morgan fingerprint density at radius 1 is 1.00 bits per heavy atom. The second-order valence-electron chi connectivity index (χ2n) is 6.20. The molecular formula is C18H18F2N4O2. The molecule has 0 radical (unpaired) electrons. The average molecular weight is 360 g/mol. The normalized spacial score (nSPS) is 16.9. The number of aromatic nitrogens is 1. The Hall–Kier alpha value is -2.90. The van der Waals surface area contributed by atoms with E-state index in [0.29, 0.717) is 56.6 Å². The van der Waals surface area contributed by atoms with Gasteiger partial charge in [0.2, 0.25) is 0 Å². The number of fused-ring (bicyclic) bond motifs is 1. The Balaban J connectivity index is 1.44. The van der Waals surface area contributed by atoms with Gasteiger partial charge in [0, 0.05) is 32.2 Å². The first-order chi connectivity index (χ1) is 12.6. The minimum absolute atomic E-state index is 0.118. The molecule has 2 aliphatic heterocycles. The summed E-state index contributed by atoms with van der Waals surface area (Å²) in [4.78, 5) is 22.4. The highest BCUT2D eigenvalue weighted by atomic mass is 19.1. The third-order valence-corrected chi connectivity index (χ3v) is 4.60. The molecule has 6 nitrogen and oxygen atoms in total. The van der Waals surface area contributed by atoms with Gasteiger partial charge in [0.05, 0.1) is 18.4 Å². The summed E-state index contributed by atoms with van der Waals surface area (Å²) in [7, 11) is 0. The van der Waals surface area contributed by atoms with E-state index < -0.39 is 5.82 Å². The first-order valence-corrected chi connectivity index (χ1v) is 8.47. The van der Waals surface area contributed by atoms with E-state index in [1.807, 2.05) is 4.90 Å². The lowest BCUT2D eigenvalue weighted by Crippen LogP contribution is -2.54. The third-order valence-electron chi connectivity index (χ3n) is 4.60. The van der Waals surface area contributed by atoms with Gasteiger partial charge in [-0.05, 0) is 24.3 Å². The maximum Gasteiger partial charge on any atom is 0.324 e. The molecule has 1 aromatic heterocycles. The Kier molecular flexibility index (Phi) is 4.32. The number of nitrogens with zero attached hydrogens (tertiary/aromatic N) is 4. The Morgan fingerprint density at radius 3 is 2.50 bits per heavy atom. The fourth-order valence-electron chi connectivity index (χ4n) is 3.25. The summed E-state index contributed by atoms with van der Waals surface area (Å²) in [6, 6.07) is 7.09. The lowest BCUT2D eigenvalue weighted by Gasteiger charge is -2.39. The summed E-state index contributed by atoms with van der Waals surface area (Å²) < 4.78 is 31.8. The minimum Gasteiger partial charge on any atom is -0.489 e. The Bertz CT molecular complexity index is 807. The first kappa shape index (κ1) is 16.6. The molecule has 0 N–H and O–H groups in total. The van der Waals surface area contributed by atoms with Crippen molar-refractivity contribution in [1.29, 1.82) is 0 Å². The molecule has 2 aromatic rings. The molecule has 0 bridgehead atoms. The van der Waals surface area contributed by atoms with Crippen LogP contribution in [0.25, 0.3) is 0 Å². The summed E-state index contributed by atoms with van der Waals surface area (Å²) >= 11 is 0. The third kappa shape index (κ3) is 3.14. The van der Waals surface area contributed by atoms with Crippen molar-refractivity contribution in [3.8, 4) is 5.75 Å². The van der Waals surface area contributed by atoms with Crippen molar-refractivity contribution in [3.63, 3.8) is 0 Å². The molecule has 0 unspecified atom stereocenters. The van der Waals surface area contributed by atoms with E-state index in [-0.39, 0.29) is 11.8 Å². The highest BCUT2D eigenvalue weighted by Crippen LogP contribution is 2.33. The zero-order valence-electron chi connectivity index (χ0n) is 14.1. The van der Waals surface area contributed by atoms with Crippen molar-refractivity contribution in [3.05, 3.63) is 48.2 Å². The van der Waals surface area contributed by atoms with Gasteiger partial charge in [-0.1, -0.05) is 0 Å². The number of amides is 2. The molecule has 4 rings (SSSR count). The Morgan fingerprint density at radius 2 is 1.77 bits per heavy atom. The molecule has 136 valence electrons. The van der Waals surface area contributed by atoms with Crippen LogP contribution in [0.15, 0.2) is 36.5 Å². The minimum atomic E-state index is -0.390. The van der Waals surface area contributed by atoms with Crippen LogP contribution in [-0.4, -0.2) is 55.2 Å². The van der Waals surface area contributed by atoms with E-state index in [0.717, 1.165) is 0 Å². The number of anilines is 2. The standard InChI is InChI=1S/C18H18F2N4O2/c19-13-1-3-15-16(11-13)26-10-9-24(15)18(25)23-7-5-22(6-8-23)17-4-2-14(20)12-21-17/h1-4,11-12H,5-10H2. The SMILES string of the molecule is O=C(N1CCN(c2ccc(F)cn2)CC1)N1CCOc2cc(F)ccc21. The van der Waals surface area contributed by atoms with Crippen molar-refractivity contribution in [2.75, 3.05) is 49.1 Å². The number of carbonyl (C=O) groups is 1. The lowest BCUT2D eigenvalue weighted by molar-refractivity contribution is 0.196. The summed E-state index contributed by atoms with van der Waals surface area (Å²) in [6.45, 7) is 3.06. The van der Waals surface area contributed by atoms with Gasteiger partial charge in [0.25, 0.3) is 0 Å². The molecule has 1 aromatic carbocycles. The van der Waals surface area contributed by atoms with Crippen LogP contribution in [0, 0.1) is 11.6 Å². The maximum absolute atomic E-state index is 13.4. The van der Waals surface area contributed by atoms with Crippen LogP contribution in [0.1, 0.15) is 0 Å².